The van der Waals surface area contributed by atoms with Crippen LogP contribution in [0.5, 0.6) is 11.5 Å². The van der Waals surface area contributed by atoms with E-state index in [4.69, 9.17) is 14.2 Å². The van der Waals surface area contributed by atoms with Gasteiger partial charge in [-0.05, 0) is 75.5 Å². The summed E-state index contributed by atoms with van der Waals surface area (Å²) in [5.41, 5.74) is 0.862. The highest BCUT2D eigenvalue weighted by molar-refractivity contribution is 5.78. The largest absolute Gasteiger partial charge is 0.486 e. The molecular weight excluding hydrogens is 761 g/mol. The van der Waals surface area contributed by atoms with Crippen molar-refractivity contribution in [2.75, 3.05) is 20.3 Å². The number of aliphatic hydroxyl groups is 2. The third kappa shape index (κ3) is 17.2. The van der Waals surface area contributed by atoms with Crippen LogP contribution in [-0.4, -0.2) is 82.9 Å². The van der Waals surface area contributed by atoms with Gasteiger partial charge in [-0.2, -0.15) is 0 Å². The number of carbonyl (C=O) groups is 1. The Morgan fingerprint density at radius 3 is 1.28 bits per heavy atom. The Balaban J connectivity index is 1.23. The van der Waals surface area contributed by atoms with Gasteiger partial charge in [-0.3, -0.25) is 14.6 Å². The van der Waals surface area contributed by atoms with E-state index in [9.17, 15) is 15.0 Å². The molecule has 1 aromatic rings. The molecule has 8 heteroatoms. The van der Waals surface area contributed by atoms with E-state index in [1.54, 1.807) is 0 Å². The van der Waals surface area contributed by atoms with E-state index in [1.807, 2.05) is 18.2 Å². The predicted molar refractivity (Wildman–Crippen MR) is 250 cm³/mol. The van der Waals surface area contributed by atoms with Crippen LogP contribution in [0.1, 0.15) is 243 Å². The van der Waals surface area contributed by atoms with Gasteiger partial charge in [0.05, 0.1) is 13.0 Å². The van der Waals surface area contributed by atoms with Crippen molar-refractivity contribution in [1.29, 1.82) is 0 Å². The summed E-state index contributed by atoms with van der Waals surface area (Å²) in [6.07, 6.45) is 41.5. The molecule has 2 N–H and O–H groups in total. The number of hydrogen-bond acceptors (Lipinski definition) is 8. The molecule has 8 nitrogen and oxygen atoms in total. The van der Waals surface area contributed by atoms with Crippen LogP contribution in [0.15, 0.2) is 18.2 Å². The first-order valence-corrected chi connectivity index (χ1v) is 26.4. The van der Waals surface area contributed by atoms with Gasteiger partial charge in [0.15, 0.2) is 11.5 Å². The van der Waals surface area contributed by atoms with Crippen molar-refractivity contribution in [2.45, 2.75) is 274 Å². The predicted octanol–water partition coefficient (Wildman–Crippen LogP) is 13.1. The van der Waals surface area contributed by atoms with E-state index < -0.39 is 18.4 Å². The summed E-state index contributed by atoms with van der Waals surface area (Å²) in [6, 6.07) is 7.43. The smallest absolute Gasteiger partial charge is 0.313 e. The molecule has 61 heavy (non-hydrogen) atoms. The zero-order chi connectivity index (χ0) is 42.9. The molecule has 0 aromatic heterocycles. The number of hydrogen-bond donors (Lipinski definition) is 2. The van der Waals surface area contributed by atoms with Crippen molar-refractivity contribution in [3.05, 3.63) is 23.8 Å². The molecule has 4 aliphatic rings. The Morgan fingerprint density at radius 1 is 0.541 bits per heavy atom. The zero-order valence-electron chi connectivity index (χ0n) is 39.4. The Hall–Kier alpha value is -1.87. The number of esters is 1. The second-order valence-corrected chi connectivity index (χ2v) is 19.8. The molecule has 0 spiro atoms. The average Bonchev–Trinajstić information content (AvgIpc) is 3.30. The summed E-state index contributed by atoms with van der Waals surface area (Å²) >= 11 is 0. The van der Waals surface area contributed by atoms with E-state index in [-0.39, 0.29) is 19.2 Å². The molecule has 5 rings (SSSR count). The van der Waals surface area contributed by atoms with Crippen LogP contribution in [0.4, 0.5) is 0 Å². The molecule has 350 valence electrons. The highest BCUT2D eigenvalue weighted by Crippen LogP contribution is 2.37. The molecule has 4 fully saturated rings. The molecule has 3 atom stereocenters. The monoisotopic (exact) mass is 853 g/mol. The van der Waals surface area contributed by atoms with Crippen LogP contribution >= 0.6 is 0 Å². The summed E-state index contributed by atoms with van der Waals surface area (Å²) < 4.78 is 18.6. The fraction of sp³-hybridized carbons (Fsp3) is 0.868. The molecule has 0 heterocycles. The second kappa shape index (κ2) is 29.5. The third-order valence-corrected chi connectivity index (χ3v) is 15.2. The van der Waals surface area contributed by atoms with Gasteiger partial charge < -0.3 is 24.4 Å². The Kier molecular flexibility index (Phi) is 24.3. The number of ether oxygens (including phenoxy) is 3. The first-order valence-electron chi connectivity index (χ1n) is 26.4. The van der Waals surface area contributed by atoms with Gasteiger partial charge in [0, 0.05) is 24.2 Å². The number of benzene rings is 1. The minimum absolute atomic E-state index is 0.132. The zero-order valence-corrected chi connectivity index (χ0v) is 39.4. The van der Waals surface area contributed by atoms with Crippen LogP contribution in [0.2, 0.25) is 0 Å². The minimum Gasteiger partial charge on any atom is -0.486 e. The van der Waals surface area contributed by atoms with Gasteiger partial charge in [0.2, 0.25) is 0 Å². The average molecular weight is 853 g/mol. The fourth-order valence-electron chi connectivity index (χ4n) is 11.7. The molecule has 4 saturated carbocycles. The quantitative estimate of drug-likeness (QED) is 0.0468. The number of methoxy groups -OCH3 is 1. The molecule has 4 aliphatic carbocycles. The Morgan fingerprint density at radius 2 is 0.902 bits per heavy atom. The van der Waals surface area contributed by atoms with Gasteiger partial charge in [0.25, 0.3) is 0 Å². The summed E-state index contributed by atoms with van der Waals surface area (Å²) in [6.45, 7) is 2.57. The molecule has 0 amide bonds. The third-order valence-electron chi connectivity index (χ3n) is 15.2. The lowest BCUT2D eigenvalue weighted by Gasteiger charge is -2.44. The van der Waals surface area contributed by atoms with E-state index in [1.165, 1.54) is 161 Å². The van der Waals surface area contributed by atoms with Crippen LogP contribution in [0, 0.1) is 0 Å². The van der Waals surface area contributed by atoms with Gasteiger partial charge in [0.1, 0.15) is 25.7 Å². The fourth-order valence-corrected chi connectivity index (χ4v) is 11.7. The number of carbonyl (C=O) groups excluding carboxylic acids is 1. The number of aliphatic hydroxyl groups excluding tert-OH is 2. The molecule has 0 bridgehead atoms. The van der Waals surface area contributed by atoms with Crippen molar-refractivity contribution < 1.29 is 29.2 Å². The van der Waals surface area contributed by atoms with Crippen LogP contribution in [0.25, 0.3) is 0 Å². The molecular formula is C53H92N2O6. The first kappa shape index (κ1) is 50.1. The Labute approximate surface area is 373 Å². The SMILES string of the molecule is CCCCCCCCCCCCCCCCC(C(=O)OC)c1ccc(OCC(O)N(C2CCCCC2)C2CCCCC2)c(OCC(O)N(C2CCCCC2)C2CCCCC2)c1. The topological polar surface area (TPSA) is 91.7 Å². The lowest BCUT2D eigenvalue weighted by Crippen LogP contribution is -2.53. The highest BCUT2D eigenvalue weighted by Gasteiger charge is 2.36. The maximum atomic E-state index is 13.4. The normalized spacial score (nSPS) is 20.5. The minimum atomic E-state index is -0.728. The summed E-state index contributed by atoms with van der Waals surface area (Å²) in [7, 11) is 1.49. The number of rotatable bonds is 29. The van der Waals surface area contributed by atoms with E-state index >= 15 is 0 Å². The summed E-state index contributed by atoms with van der Waals surface area (Å²) in [5, 5.41) is 23.9. The van der Waals surface area contributed by atoms with E-state index in [0.717, 1.165) is 76.2 Å². The van der Waals surface area contributed by atoms with Gasteiger partial charge in [-0.1, -0.05) is 180 Å². The van der Waals surface area contributed by atoms with Crippen molar-refractivity contribution in [2.24, 2.45) is 0 Å². The molecule has 1 aromatic carbocycles. The first-order chi connectivity index (χ1) is 30.0. The van der Waals surface area contributed by atoms with Crippen LogP contribution in [0.3, 0.4) is 0 Å². The van der Waals surface area contributed by atoms with Gasteiger partial charge in [-0.15, -0.1) is 0 Å². The van der Waals surface area contributed by atoms with E-state index in [2.05, 4.69) is 16.7 Å². The standard InChI is InChI=1S/C53H92N2O6/c1-3-4-5-6-7-8-9-10-11-12-13-14-15-28-37-48(53(58)59-2)43-38-39-49(60-41-51(56)54(44-29-20-16-21-30-44)45-31-22-17-23-32-45)50(40-43)61-42-52(57)55(46-33-24-18-25-34-46)47-35-26-19-27-36-47/h38-40,44-48,51-52,56-57H,3-37,41-42H2,1-2H3. The van der Waals surface area contributed by atoms with Gasteiger partial charge >= 0.3 is 5.97 Å². The van der Waals surface area contributed by atoms with Crippen LogP contribution in [-0.2, 0) is 9.53 Å². The number of nitrogens with zero attached hydrogens (tertiary/aromatic N) is 2. The summed E-state index contributed by atoms with van der Waals surface area (Å²) in [4.78, 5) is 18.2. The lowest BCUT2D eigenvalue weighted by atomic mass is 9.88. The van der Waals surface area contributed by atoms with Crippen molar-refractivity contribution >= 4 is 5.97 Å². The molecule has 3 unspecified atom stereocenters. The summed E-state index contributed by atoms with van der Waals surface area (Å²) in [5.74, 6) is 0.474. The maximum absolute atomic E-state index is 13.4. The number of unbranched alkanes of at least 4 members (excludes halogenated alkanes) is 13. The van der Waals surface area contributed by atoms with Gasteiger partial charge in [-0.25, -0.2) is 0 Å². The van der Waals surface area contributed by atoms with Crippen LogP contribution < -0.4 is 9.47 Å². The van der Waals surface area contributed by atoms with Crippen molar-refractivity contribution in [1.82, 2.24) is 9.80 Å². The lowest BCUT2D eigenvalue weighted by molar-refractivity contribution is -0.142. The Bertz CT molecular complexity index is 1250. The molecule has 0 saturated heterocycles. The molecule has 0 aliphatic heterocycles. The molecule has 0 radical (unpaired) electrons. The maximum Gasteiger partial charge on any atom is 0.313 e. The van der Waals surface area contributed by atoms with E-state index in [0.29, 0.717) is 35.7 Å². The second-order valence-electron chi connectivity index (χ2n) is 19.8. The highest BCUT2D eigenvalue weighted by atomic mass is 16.5. The van der Waals surface area contributed by atoms with Crippen molar-refractivity contribution in [3.8, 4) is 11.5 Å². The van der Waals surface area contributed by atoms with Crippen molar-refractivity contribution in [3.63, 3.8) is 0 Å².